The van der Waals surface area contributed by atoms with Crippen LogP contribution >= 0.6 is 15.9 Å². The van der Waals surface area contributed by atoms with Crippen LogP contribution in [0.4, 0.5) is 0 Å². The van der Waals surface area contributed by atoms with Crippen LogP contribution in [0.1, 0.15) is 39.2 Å². The summed E-state index contributed by atoms with van der Waals surface area (Å²) in [5.74, 6) is -0.478. The number of carbonyl (C=O) groups is 2. The van der Waals surface area contributed by atoms with Crippen molar-refractivity contribution < 1.29 is 19.1 Å². The van der Waals surface area contributed by atoms with E-state index >= 15 is 0 Å². The molecule has 2 rings (SSSR count). The van der Waals surface area contributed by atoms with Crippen LogP contribution in [0, 0.1) is 5.92 Å². The molecule has 0 N–H and O–H groups in total. The fraction of sp³-hybridized carbons (Fsp3) is 0.500. The number of esters is 1. The third kappa shape index (κ3) is 6.53. The highest BCUT2D eigenvalue weighted by molar-refractivity contribution is 9.10. The Morgan fingerprint density at radius 1 is 1.33 bits per heavy atom. The van der Waals surface area contributed by atoms with Crippen molar-refractivity contribution in [3.8, 4) is 0 Å². The third-order valence-corrected chi connectivity index (χ3v) is 3.67. The van der Waals surface area contributed by atoms with Gasteiger partial charge in [0.25, 0.3) is 0 Å². The molecule has 0 saturated heterocycles. The monoisotopic (exact) mass is 395 g/mol. The second-order valence-electron chi connectivity index (χ2n) is 6.88. The quantitative estimate of drug-likeness (QED) is 0.305. The van der Waals surface area contributed by atoms with Gasteiger partial charge in [0.15, 0.2) is 5.78 Å². The van der Waals surface area contributed by atoms with Crippen LogP contribution < -0.4 is 0 Å². The Labute approximate surface area is 150 Å². The number of Topliss-reactive ketones (excluding diaryl/α,β-unsaturated/α-hetero) is 1. The van der Waals surface area contributed by atoms with Crippen molar-refractivity contribution in [2.24, 2.45) is 5.92 Å². The summed E-state index contributed by atoms with van der Waals surface area (Å²) < 4.78 is 11.5. The van der Waals surface area contributed by atoms with Crippen LogP contribution in [0.15, 0.2) is 28.5 Å². The van der Waals surface area contributed by atoms with Crippen molar-refractivity contribution in [2.45, 2.75) is 39.2 Å². The van der Waals surface area contributed by atoms with Gasteiger partial charge in [-0.25, -0.2) is 4.79 Å². The van der Waals surface area contributed by atoms with Crippen molar-refractivity contribution in [1.82, 2.24) is 4.98 Å². The van der Waals surface area contributed by atoms with Crippen LogP contribution in [-0.2, 0) is 19.1 Å². The number of hydrogen-bond acceptors (Lipinski definition) is 5. The Hall–Kier alpha value is -1.53. The highest BCUT2D eigenvalue weighted by Gasteiger charge is 2.26. The molecule has 0 bridgehead atoms. The molecule has 5 nitrogen and oxygen atoms in total. The lowest BCUT2D eigenvalue weighted by atomic mass is 10.1. The van der Waals surface area contributed by atoms with E-state index in [-0.39, 0.29) is 18.0 Å². The standard InChI is InChI=1S/C18H22BrNO4/c1-18(2,3)24-17(22)15(7-13-6-14(19)9-20-8-13)16(21)11-23-10-12-4-5-12/h6-9,12H,4-5,10-11H2,1-3H3/b15-7+. The molecule has 0 spiro atoms. The summed E-state index contributed by atoms with van der Waals surface area (Å²) in [6.07, 6.45) is 6.99. The van der Waals surface area contributed by atoms with Gasteiger partial charge in [-0.2, -0.15) is 0 Å². The van der Waals surface area contributed by atoms with Crippen LogP contribution in [0.5, 0.6) is 0 Å². The molecule has 1 aromatic rings. The molecule has 24 heavy (non-hydrogen) atoms. The SMILES string of the molecule is CC(C)(C)OC(=O)/C(=C/c1cncc(Br)c1)C(=O)COCC1CC1. The molecule has 1 saturated carbocycles. The molecule has 0 unspecified atom stereocenters. The van der Waals surface area contributed by atoms with E-state index in [1.807, 2.05) is 0 Å². The molecule has 1 aliphatic carbocycles. The maximum atomic E-state index is 12.4. The molecule has 1 aromatic heterocycles. The fourth-order valence-corrected chi connectivity index (χ4v) is 2.32. The number of ether oxygens (including phenoxy) is 2. The number of aromatic nitrogens is 1. The van der Waals surface area contributed by atoms with Gasteiger partial charge in [0.1, 0.15) is 17.8 Å². The van der Waals surface area contributed by atoms with Crippen molar-refractivity contribution in [3.05, 3.63) is 34.1 Å². The lowest BCUT2D eigenvalue weighted by molar-refractivity contribution is -0.151. The van der Waals surface area contributed by atoms with Crippen molar-refractivity contribution in [2.75, 3.05) is 13.2 Å². The van der Waals surface area contributed by atoms with Gasteiger partial charge in [-0.15, -0.1) is 0 Å². The molecule has 0 atom stereocenters. The van der Waals surface area contributed by atoms with E-state index in [2.05, 4.69) is 20.9 Å². The molecule has 1 heterocycles. The molecule has 0 radical (unpaired) electrons. The zero-order valence-electron chi connectivity index (χ0n) is 14.2. The van der Waals surface area contributed by atoms with E-state index in [0.29, 0.717) is 18.1 Å². The van der Waals surface area contributed by atoms with Gasteiger partial charge in [-0.3, -0.25) is 9.78 Å². The number of ketones is 1. The van der Waals surface area contributed by atoms with Crippen LogP contribution in [0.2, 0.25) is 0 Å². The minimum atomic E-state index is -0.680. The van der Waals surface area contributed by atoms with Gasteiger partial charge in [0.2, 0.25) is 0 Å². The maximum Gasteiger partial charge on any atom is 0.342 e. The Balaban J connectivity index is 2.15. The van der Waals surface area contributed by atoms with Gasteiger partial charge >= 0.3 is 5.97 Å². The van der Waals surface area contributed by atoms with E-state index < -0.39 is 11.6 Å². The first kappa shape index (κ1) is 18.8. The Kier molecular flexibility index (Phi) is 6.29. The van der Waals surface area contributed by atoms with Crippen LogP contribution in [-0.4, -0.2) is 35.6 Å². The number of pyridine rings is 1. The van der Waals surface area contributed by atoms with E-state index in [1.54, 1.807) is 39.2 Å². The Morgan fingerprint density at radius 3 is 2.62 bits per heavy atom. The molecule has 1 fully saturated rings. The predicted molar refractivity (Wildman–Crippen MR) is 94.3 cm³/mol. The number of carbonyl (C=O) groups excluding carboxylic acids is 2. The Morgan fingerprint density at radius 2 is 2.04 bits per heavy atom. The topological polar surface area (TPSA) is 65.5 Å². The van der Waals surface area contributed by atoms with Crippen LogP contribution in [0.3, 0.4) is 0 Å². The van der Waals surface area contributed by atoms with Gasteiger partial charge in [-0.05, 0) is 73.2 Å². The zero-order valence-corrected chi connectivity index (χ0v) is 15.8. The largest absolute Gasteiger partial charge is 0.456 e. The van der Waals surface area contributed by atoms with Gasteiger partial charge in [-0.1, -0.05) is 0 Å². The van der Waals surface area contributed by atoms with Gasteiger partial charge in [0.05, 0.1) is 6.61 Å². The number of rotatable bonds is 7. The lowest BCUT2D eigenvalue weighted by Crippen LogP contribution is -2.28. The minimum Gasteiger partial charge on any atom is -0.456 e. The summed E-state index contributed by atoms with van der Waals surface area (Å²) in [6, 6.07) is 1.77. The molecular formula is C18H22BrNO4. The van der Waals surface area contributed by atoms with Gasteiger partial charge in [0, 0.05) is 16.9 Å². The third-order valence-electron chi connectivity index (χ3n) is 3.24. The average molecular weight is 396 g/mol. The van der Waals surface area contributed by atoms with E-state index in [4.69, 9.17) is 9.47 Å². The summed E-state index contributed by atoms with van der Waals surface area (Å²) in [5.41, 5.74) is -0.0673. The minimum absolute atomic E-state index is 0.0272. The number of nitrogens with zero attached hydrogens (tertiary/aromatic N) is 1. The molecular weight excluding hydrogens is 374 g/mol. The van der Waals surface area contributed by atoms with E-state index in [0.717, 1.165) is 17.3 Å². The molecule has 130 valence electrons. The van der Waals surface area contributed by atoms with Crippen molar-refractivity contribution in [1.29, 1.82) is 0 Å². The highest BCUT2D eigenvalue weighted by atomic mass is 79.9. The zero-order chi connectivity index (χ0) is 17.7. The second kappa shape index (κ2) is 8.03. The molecule has 0 amide bonds. The first-order valence-corrected chi connectivity index (χ1v) is 8.70. The lowest BCUT2D eigenvalue weighted by Gasteiger charge is -2.20. The molecule has 0 aliphatic heterocycles. The summed E-state index contributed by atoms with van der Waals surface area (Å²) in [6.45, 7) is 5.72. The number of halogens is 1. The molecule has 0 aromatic carbocycles. The average Bonchev–Trinajstić information content (AvgIpc) is 3.27. The smallest absolute Gasteiger partial charge is 0.342 e. The molecule has 6 heteroatoms. The van der Waals surface area contributed by atoms with E-state index in [1.165, 1.54) is 6.08 Å². The molecule has 1 aliphatic rings. The van der Waals surface area contributed by atoms with Gasteiger partial charge < -0.3 is 9.47 Å². The predicted octanol–water partition coefficient (Wildman–Crippen LogP) is 3.56. The van der Waals surface area contributed by atoms with Crippen LogP contribution in [0.25, 0.3) is 6.08 Å². The van der Waals surface area contributed by atoms with E-state index in [9.17, 15) is 9.59 Å². The van der Waals surface area contributed by atoms with Crippen molar-refractivity contribution >= 4 is 33.8 Å². The summed E-state index contributed by atoms with van der Waals surface area (Å²) in [5, 5.41) is 0. The summed E-state index contributed by atoms with van der Waals surface area (Å²) in [7, 11) is 0. The van der Waals surface area contributed by atoms with Crippen molar-refractivity contribution in [3.63, 3.8) is 0 Å². The first-order valence-electron chi connectivity index (χ1n) is 7.91. The normalized spacial score (nSPS) is 15.2. The Bertz CT molecular complexity index is 645. The summed E-state index contributed by atoms with van der Waals surface area (Å²) in [4.78, 5) is 28.9. The summed E-state index contributed by atoms with van der Waals surface area (Å²) >= 11 is 3.32. The first-order chi connectivity index (χ1) is 11.2. The fourth-order valence-electron chi connectivity index (χ4n) is 1.94. The maximum absolute atomic E-state index is 12.4. The second-order valence-corrected chi connectivity index (χ2v) is 7.79. The highest BCUT2D eigenvalue weighted by Crippen LogP contribution is 2.28. The number of hydrogen-bond donors (Lipinski definition) is 0.